The van der Waals surface area contributed by atoms with Gasteiger partial charge in [-0.2, -0.15) is 0 Å². The van der Waals surface area contributed by atoms with Crippen molar-refractivity contribution in [3.8, 4) is 0 Å². The van der Waals surface area contributed by atoms with Crippen molar-refractivity contribution in [1.29, 1.82) is 0 Å². The van der Waals surface area contributed by atoms with Crippen molar-refractivity contribution in [2.45, 2.75) is 109 Å². The number of aliphatic hydroxyl groups excluding tert-OH is 1. The van der Waals surface area contributed by atoms with E-state index in [1.54, 1.807) is 38.1 Å². The first kappa shape index (κ1) is 39.8. The Morgan fingerprint density at radius 2 is 1.47 bits per heavy atom. The lowest BCUT2D eigenvalue weighted by molar-refractivity contribution is -0.352. The summed E-state index contributed by atoms with van der Waals surface area (Å²) in [5, 5.41) is 25.4. The number of hydrogen-bond donors (Lipinski definition) is 2. The zero-order chi connectivity index (χ0) is 40.1. The van der Waals surface area contributed by atoms with Crippen LogP contribution < -0.4 is 0 Å². The maximum Gasteiger partial charge on any atom is 0.338 e. The average molecular weight is 761 g/mol. The van der Waals surface area contributed by atoms with Crippen molar-refractivity contribution in [3.05, 3.63) is 89.0 Å². The third-order valence-corrected chi connectivity index (χ3v) is 12.0. The van der Waals surface area contributed by atoms with Gasteiger partial charge in [-0.3, -0.25) is 14.4 Å². The van der Waals surface area contributed by atoms with Crippen LogP contribution in [0.25, 0.3) is 6.08 Å². The number of carbonyl (C=O) groups excluding carboxylic acids is 5. The molecule has 1 heterocycles. The van der Waals surface area contributed by atoms with Crippen LogP contribution in [0.1, 0.15) is 77.2 Å². The summed E-state index contributed by atoms with van der Waals surface area (Å²) in [6.07, 6.45) is -5.40. The Bertz CT molecular complexity index is 1900. The minimum atomic E-state index is -1.88. The minimum Gasteiger partial charge on any atom is -0.462 e. The van der Waals surface area contributed by atoms with Crippen LogP contribution in [0.3, 0.4) is 0 Å². The molecule has 0 amide bonds. The largest absolute Gasteiger partial charge is 0.462 e. The molecule has 294 valence electrons. The van der Waals surface area contributed by atoms with Crippen LogP contribution in [-0.4, -0.2) is 94.5 Å². The van der Waals surface area contributed by atoms with Gasteiger partial charge in [0.15, 0.2) is 5.60 Å². The molecule has 2 aromatic rings. The van der Waals surface area contributed by atoms with Gasteiger partial charge in [-0.05, 0) is 55.7 Å². The molecule has 2 aromatic carbocycles. The second-order valence-corrected chi connectivity index (χ2v) is 15.7. The van der Waals surface area contributed by atoms with E-state index in [1.807, 2.05) is 30.3 Å². The van der Waals surface area contributed by atoms with E-state index in [-0.39, 0.29) is 30.6 Å². The number of rotatable bonds is 9. The molecule has 10 atom stereocenters. The molecule has 55 heavy (non-hydrogen) atoms. The summed E-state index contributed by atoms with van der Waals surface area (Å²) in [5.74, 6) is -4.98. The molecule has 2 unspecified atom stereocenters. The normalized spacial score (nSPS) is 33.9. The summed E-state index contributed by atoms with van der Waals surface area (Å²) in [7, 11) is 0. The van der Waals surface area contributed by atoms with Gasteiger partial charge >= 0.3 is 29.8 Å². The molecule has 0 aromatic heterocycles. The molecule has 13 nitrogen and oxygen atoms in total. The van der Waals surface area contributed by atoms with Gasteiger partial charge in [-0.1, -0.05) is 55.5 Å². The molecule has 0 bridgehead atoms. The standard InChI is InChI=1S/C42H48O13/c1-23-29(53-32(46)19-18-27-14-10-8-11-15-27)21-41(39(5,6)49)33(23)34(47)36(54-38(48)28-16-12-9-13-17-28)40(7)30(51-24(2)43)20-31-42(22-50-31,55-26(4)45)35(40)37(41)52-25(3)44/h8-19,29-31,34-37,47,49H,20-22H2,1-7H3/b19-18+/t29-,30-,31+,34+,35?,36-,37?,40+,41-,42-/m0/s1. The van der Waals surface area contributed by atoms with Gasteiger partial charge in [0.1, 0.15) is 36.6 Å². The van der Waals surface area contributed by atoms with Crippen LogP contribution in [0.4, 0.5) is 0 Å². The molecule has 3 fully saturated rings. The molecule has 0 radical (unpaired) electrons. The Labute approximate surface area is 319 Å². The van der Waals surface area contributed by atoms with E-state index in [0.717, 1.165) is 5.56 Å². The van der Waals surface area contributed by atoms with Gasteiger partial charge in [0.2, 0.25) is 0 Å². The Kier molecular flexibility index (Phi) is 10.6. The van der Waals surface area contributed by atoms with Crippen LogP contribution in [0.2, 0.25) is 0 Å². The van der Waals surface area contributed by atoms with Crippen LogP contribution >= 0.6 is 0 Å². The number of benzene rings is 2. The van der Waals surface area contributed by atoms with Gasteiger partial charge in [0.25, 0.3) is 0 Å². The highest BCUT2D eigenvalue weighted by Gasteiger charge is 2.80. The molecular weight excluding hydrogens is 712 g/mol. The van der Waals surface area contributed by atoms with E-state index in [2.05, 4.69) is 0 Å². The quantitative estimate of drug-likeness (QED) is 0.160. The smallest absolute Gasteiger partial charge is 0.338 e. The summed E-state index contributed by atoms with van der Waals surface area (Å²) in [6.45, 7) is 9.64. The molecule has 3 aliphatic carbocycles. The second-order valence-electron chi connectivity index (χ2n) is 15.7. The van der Waals surface area contributed by atoms with Crippen LogP contribution in [0.5, 0.6) is 0 Å². The third-order valence-electron chi connectivity index (χ3n) is 12.0. The van der Waals surface area contributed by atoms with Gasteiger partial charge < -0.3 is 38.6 Å². The number of fused-ring (bicyclic) bond motifs is 4. The molecule has 0 spiro atoms. The second kappa shape index (κ2) is 14.7. The maximum absolute atomic E-state index is 14.1. The Balaban J connectivity index is 1.62. The van der Waals surface area contributed by atoms with E-state index < -0.39 is 94.4 Å². The fourth-order valence-corrected chi connectivity index (χ4v) is 9.73. The SMILES string of the molecule is CC(=O)OC1C2[C@@](C)([C@@H](OC(C)=O)C[C@H]3OC[C@@]23OC(C)=O)[C@@H](OC(=O)c2ccccc2)[C@H](O)C2=C(C)[C@@H](OC(=O)/C=C/c3ccccc3)C[C@]21C(C)(C)O. The first-order valence-corrected chi connectivity index (χ1v) is 18.3. The van der Waals surface area contributed by atoms with E-state index in [0.29, 0.717) is 5.57 Å². The Morgan fingerprint density at radius 3 is 2.02 bits per heavy atom. The van der Waals surface area contributed by atoms with Gasteiger partial charge in [0, 0.05) is 39.7 Å². The molecular formula is C42H48O13. The first-order chi connectivity index (χ1) is 25.9. The summed E-state index contributed by atoms with van der Waals surface area (Å²) < 4.78 is 36.9. The summed E-state index contributed by atoms with van der Waals surface area (Å²) >= 11 is 0. The van der Waals surface area contributed by atoms with E-state index in [9.17, 15) is 34.2 Å². The lowest BCUT2D eigenvalue weighted by atomic mass is 9.49. The molecule has 6 rings (SSSR count). The van der Waals surface area contributed by atoms with Crippen LogP contribution in [-0.2, 0) is 47.6 Å². The van der Waals surface area contributed by atoms with Crippen molar-refractivity contribution in [2.75, 3.05) is 6.61 Å². The Hall–Kier alpha value is -4.85. The number of hydrogen-bond acceptors (Lipinski definition) is 13. The summed E-state index contributed by atoms with van der Waals surface area (Å²) in [6, 6.07) is 17.2. The minimum absolute atomic E-state index is 0.0414. The fourth-order valence-electron chi connectivity index (χ4n) is 9.73. The molecule has 2 N–H and O–H groups in total. The number of esters is 5. The van der Waals surface area contributed by atoms with Crippen molar-refractivity contribution >= 4 is 35.9 Å². The lowest BCUT2D eigenvalue weighted by Gasteiger charge is -2.65. The number of carbonyl (C=O) groups is 5. The van der Waals surface area contributed by atoms with Gasteiger partial charge in [-0.15, -0.1) is 0 Å². The van der Waals surface area contributed by atoms with E-state index in [1.165, 1.54) is 52.8 Å². The van der Waals surface area contributed by atoms with Crippen LogP contribution in [0.15, 0.2) is 77.9 Å². The van der Waals surface area contributed by atoms with Crippen molar-refractivity contribution in [1.82, 2.24) is 0 Å². The predicted octanol–water partition coefficient (Wildman–Crippen LogP) is 4.28. The third kappa shape index (κ3) is 6.76. The highest BCUT2D eigenvalue weighted by Crippen LogP contribution is 2.68. The monoisotopic (exact) mass is 760 g/mol. The van der Waals surface area contributed by atoms with E-state index >= 15 is 0 Å². The van der Waals surface area contributed by atoms with Gasteiger partial charge in [0.05, 0.1) is 34.5 Å². The highest BCUT2D eigenvalue weighted by atomic mass is 16.6. The summed E-state index contributed by atoms with van der Waals surface area (Å²) in [5.41, 5.74) is -5.62. The molecule has 4 aliphatic rings. The fraction of sp³-hybridized carbons (Fsp3) is 0.500. The zero-order valence-electron chi connectivity index (χ0n) is 32.0. The molecule has 1 aliphatic heterocycles. The predicted molar refractivity (Wildman–Crippen MR) is 195 cm³/mol. The van der Waals surface area contributed by atoms with E-state index in [4.69, 9.17) is 28.4 Å². The first-order valence-electron chi connectivity index (χ1n) is 18.3. The molecule has 13 heteroatoms. The molecule has 2 saturated carbocycles. The van der Waals surface area contributed by atoms with Crippen molar-refractivity contribution in [2.24, 2.45) is 16.7 Å². The lowest BCUT2D eigenvalue weighted by Crippen LogP contribution is -2.79. The highest BCUT2D eigenvalue weighted by molar-refractivity contribution is 5.89. The summed E-state index contributed by atoms with van der Waals surface area (Å²) in [4.78, 5) is 66.7. The average Bonchev–Trinajstić information content (AvgIpc) is 3.38. The van der Waals surface area contributed by atoms with Crippen molar-refractivity contribution < 1.29 is 62.6 Å². The van der Waals surface area contributed by atoms with Crippen molar-refractivity contribution in [3.63, 3.8) is 0 Å². The van der Waals surface area contributed by atoms with Crippen LogP contribution in [0, 0.1) is 16.7 Å². The number of aliphatic hydroxyl groups is 2. The Morgan fingerprint density at radius 1 is 0.855 bits per heavy atom. The topological polar surface area (TPSA) is 181 Å². The van der Waals surface area contributed by atoms with Gasteiger partial charge in [-0.25, -0.2) is 9.59 Å². The maximum atomic E-state index is 14.1. The molecule has 1 saturated heterocycles. The number of ether oxygens (including phenoxy) is 6. The zero-order valence-corrected chi connectivity index (χ0v) is 32.0.